The van der Waals surface area contributed by atoms with Crippen molar-refractivity contribution >= 4 is 5.91 Å². The molecule has 1 N–H and O–H groups in total. The van der Waals surface area contributed by atoms with Crippen LogP contribution < -0.4 is 5.32 Å². The molecule has 4 aliphatic rings. The van der Waals surface area contributed by atoms with Crippen molar-refractivity contribution in [2.24, 2.45) is 0 Å². The summed E-state index contributed by atoms with van der Waals surface area (Å²) >= 11 is 0. The first-order chi connectivity index (χ1) is 10.7. The monoisotopic (exact) mass is 291 g/mol. The Labute approximate surface area is 127 Å². The van der Waals surface area contributed by atoms with Crippen LogP contribution in [0.25, 0.3) is 0 Å². The van der Waals surface area contributed by atoms with Crippen molar-refractivity contribution in [1.82, 2.24) is 5.32 Å². The molecule has 1 aromatic carbocycles. The molecular formula is C19H14FNO. The highest BCUT2D eigenvalue weighted by atomic mass is 19.1. The van der Waals surface area contributed by atoms with Crippen molar-refractivity contribution in [1.29, 1.82) is 0 Å². The maximum absolute atomic E-state index is 13.4. The van der Waals surface area contributed by atoms with Crippen LogP contribution in [0.1, 0.15) is 24.8 Å². The molecule has 3 heteroatoms. The molecule has 2 nitrogen and oxygen atoms in total. The second-order valence-corrected chi connectivity index (χ2v) is 6.45. The molecule has 2 saturated carbocycles. The van der Waals surface area contributed by atoms with Crippen LogP contribution in [0.3, 0.4) is 0 Å². The number of carbonyl (C=O) groups is 1. The highest BCUT2D eigenvalue weighted by molar-refractivity contribution is 6.02. The molecule has 0 aromatic heterocycles. The summed E-state index contributed by atoms with van der Waals surface area (Å²) in [6, 6.07) is 6.54. The number of hydrogen-bond donors (Lipinski definition) is 1. The molecule has 0 atom stereocenters. The minimum Gasteiger partial charge on any atom is -0.342 e. The largest absolute Gasteiger partial charge is 0.342 e. The van der Waals surface area contributed by atoms with Crippen LogP contribution in [0.5, 0.6) is 0 Å². The Bertz CT molecular complexity index is 865. The Morgan fingerprint density at radius 1 is 1.18 bits per heavy atom. The summed E-state index contributed by atoms with van der Waals surface area (Å²) in [6.07, 6.45) is 8.87. The van der Waals surface area contributed by atoms with E-state index in [4.69, 9.17) is 0 Å². The summed E-state index contributed by atoms with van der Waals surface area (Å²) in [4.78, 5) is 12.7. The first kappa shape index (κ1) is 12.2. The Balaban J connectivity index is 1.45. The number of rotatable bonds is 3. The zero-order chi connectivity index (χ0) is 14.9. The molecule has 0 heterocycles. The predicted octanol–water partition coefficient (Wildman–Crippen LogP) is 3.44. The second kappa shape index (κ2) is 3.86. The molecule has 108 valence electrons. The molecule has 0 saturated heterocycles. The van der Waals surface area contributed by atoms with E-state index in [2.05, 4.69) is 11.4 Å². The molecule has 0 radical (unpaired) electrons. The molecule has 1 amide bonds. The molecule has 5 rings (SSSR count). The van der Waals surface area contributed by atoms with Gasteiger partial charge in [-0.15, -0.1) is 0 Å². The van der Waals surface area contributed by atoms with Crippen molar-refractivity contribution in [3.63, 3.8) is 0 Å². The minimum atomic E-state index is -0.384. The third-order valence-electron chi connectivity index (χ3n) is 5.00. The van der Waals surface area contributed by atoms with E-state index in [0.717, 1.165) is 36.0 Å². The van der Waals surface area contributed by atoms with Gasteiger partial charge in [0.15, 0.2) is 0 Å². The molecule has 0 spiro atoms. The molecular weight excluding hydrogens is 277 g/mol. The lowest BCUT2D eigenvalue weighted by Gasteiger charge is -2.18. The van der Waals surface area contributed by atoms with Crippen LogP contribution in [0.2, 0.25) is 0 Å². The zero-order valence-electron chi connectivity index (χ0n) is 11.9. The lowest BCUT2D eigenvalue weighted by Crippen LogP contribution is -2.35. The van der Waals surface area contributed by atoms with Crippen molar-refractivity contribution < 1.29 is 9.18 Å². The molecule has 22 heavy (non-hydrogen) atoms. The van der Waals surface area contributed by atoms with Gasteiger partial charge in [-0.25, -0.2) is 4.39 Å². The molecule has 1 aromatic rings. The summed E-state index contributed by atoms with van der Waals surface area (Å²) in [5.74, 6) is -0.310. The Morgan fingerprint density at radius 3 is 2.82 bits per heavy atom. The first-order valence-electron chi connectivity index (χ1n) is 7.62. The summed E-state index contributed by atoms with van der Waals surface area (Å²) in [5, 5.41) is 3.13. The lowest BCUT2D eigenvalue weighted by atomic mass is 10.0. The van der Waals surface area contributed by atoms with Crippen LogP contribution in [-0.4, -0.2) is 5.91 Å². The fourth-order valence-corrected chi connectivity index (χ4v) is 3.52. The van der Waals surface area contributed by atoms with Crippen LogP contribution in [0.15, 0.2) is 70.4 Å². The van der Waals surface area contributed by atoms with Gasteiger partial charge in [-0.2, -0.15) is 0 Å². The van der Waals surface area contributed by atoms with Crippen molar-refractivity contribution in [3.8, 4) is 0 Å². The maximum Gasteiger partial charge on any atom is 0.252 e. The van der Waals surface area contributed by atoms with Crippen LogP contribution in [0.4, 0.5) is 4.39 Å². The highest BCUT2D eigenvalue weighted by Crippen LogP contribution is 2.52. The van der Waals surface area contributed by atoms with Crippen molar-refractivity contribution in [2.75, 3.05) is 0 Å². The van der Waals surface area contributed by atoms with E-state index < -0.39 is 0 Å². The summed E-state index contributed by atoms with van der Waals surface area (Å²) in [6.45, 7) is 0. The van der Waals surface area contributed by atoms with Gasteiger partial charge in [0.05, 0.1) is 5.54 Å². The third kappa shape index (κ3) is 1.62. The normalized spacial score (nSPS) is 22.5. The number of hydrogen-bond acceptors (Lipinski definition) is 1. The number of halogens is 1. The summed E-state index contributed by atoms with van der Waals surface area (Å²) in [5.41, 5.74) is 6.25. The van der Waals surface area contributed by atoms with E-state index in [1.807, 2.05) is 18.2 Å². The first-order valence-corrected chi connectivity index (χ1v) is 7.62. The highest BCUT2D eigenvalue weighted by Gasteiger charge is 2.46. The van der Waals surface area contributed by atoms with Gasteiger partial charge in [-0.05, 0) is 71.4 Å². The Hall–Kier alpha value is -2.42. The van der Waals surface area contributed by atoms with Gasteiger partial charge in [0.1, 0.15) is 5.82 Å². The third-order valence-corrected chi connectivity index (χ3v) is 5.00. The Morgan fingerprint density at radius 2 is 2.05 bits per heavy atom. The topological polar surface area (TPSA) is 29.1 Å². The van der Waals surface area contributed by atoms with E-state index in [9.17, 15) is 9.18 Å². The number of fused-ring (bicyclic) bond motifs is 2. The number of nitrogens with one attached hydrogen (secondary N) is 1. The van der Waals surface area contributed by atoms with Gasteiger partial charge < -0.3 is 5.32 Å². The van der Waals surface area contributed by atoms with E-state index in [-0.39, 0.29) is 17.3 Å². The fourth-order valence-electron chi connectivity index (χ4n) is 3.52. The van der Waals surface area contributed by atoms with Gasteiger partial charge in [0.25, 0.3) is 5.91 Å². The van der Waals surface area contributed by atoms with Crippen molar-refractivity contribution in [3.05, 3.63) is 81.7 Å². The van der Waals surface area contributed by atoms with Crippen LogP contribution in [-0.2, 0) is 10.3 Å². The smallest absolute Gasteiger partial charge is 0.252 e. The van der Waals surface area contributed by atoms with E-state index >= 15 is 0 Å². The van der Waals surface area contributed by atoms with Crippen LogP contribution in [0, 0.1) is 5.82 Å². The molecule has 0 bridgehead atoms. The predicted molar refractivity (Wildman–Crippen MR) is 81.3 cm³/mol. The summed E-state index contributed by atoms with van der Waals surface area (Å²) in [7, 11) is 0. The second-order valence-electron chi connectivity index (χ2n) is 6.45. The average Bonchev–Trinajstić information content (AvgIpc) is 3.37. The molecule has 0 aliphatic heterocycles. The standard InChI is InChI=1S/C19H14FNO/c20-13-3-1-2-12(10-13)19(6-7-19)21-18(22)15-5-4-14-16-8-11(16)9-17(14)15/h1-5,9-10H,6-8H2,(H,21,22). The molecule has 2 fully saturated rings. The van der Waals surface area contributed by atoms with Gasteiger partial charge in [-0.1, -0.05) is 18.2 Å². The van der Waals surface area contributed by atoms with E-state index in [1.165, 1.54) is 28.9 Å². The van der Waals surface area contributed by atoms with Gasteiger partial charge in [-0.3, -0.25) is 4.79 Å². The SMILES string of the molecule is O=C(NC1(c2cccc(F)c2)CC1)C1=C2C=C3CC3=C2C=C1. The number of allylic oxidation sites excluding steroid dienone is 6. The number of carbonyl (C=O) groups excluding carboxylic acids is 1. The van der Waals surface area contributed by atoms with E-state index in [1.54, 1.807) is 6.07 Å². The quantitative estimate of drug-likeness (QED) is 0.908. The summed E-state index contributed by atoms with van der Waals surface area (Å²) < 4.78 is 13.4. The minimum absolute atomic E-state index is 0.0539. The van der Waals surface area contributed by atoms with Gasteiger partial charge in [0, 0.05) is 5.57 Å². The number of amides is 1. The van der Waals surface area contributed by atoms with Gasteiger partial charge in [0.2, 0.25) is 0 Å². The zero-order valence-corrected chi connectivity index (χ0v) is 11.9. The average molecular weight is 291 g/mol. The van der Waals surface area contributed by atoms with Crippen LogP contribution >= 0.6 is 0 Å². The lowest BCUT2D eigenvalue weighted by molar-refractivity contribution is -0.118. The van der Waals surface area contributed by atoms with Gasteiger partial charge >= 0.3 is 0 Å². The van der Waals surface area contributed by atoms with E-state index in [0.29, 0.717) is 0 Å². The fraction of sp³-hybridized carbons (Fsp3) is 0.211. The Kier molecular flexibility index (Phi) is 2.13. The van der Waals surface area contributed by atoms with Crippen molar-refractivity contribution in [2.45, 2.75) is 24.8 Å². The maximum atomic E-state index is 13.4. The molecule has 0 unspecified atom stereocenters. The molecule has 4 aliphatic carbocycles. The number of benzene rings is 1.